The highest BCUT2D eigenvalue weighted by atomic mass is 16.5. The molecule has 0 unspecified atom stereocenters. The number of pyridine rings is 1. The lowest BCUT2D eigenvalue weighted by Gasteiger charge is -2.32. The molecule has 6 heteroatoms. The van der Waals surface area contributed by atoms with Gasteiger partial charge in [0.05, 0.1) is 6.61 Å². The van der Waals surface area contributed by atoms with Crippen LogP contribution in [0.1, 0.15) is 35.2 Å². The Kier molecular flexibility index (Phi) is 6.67. The zero-order valence-corrected chi connectivity index (χ0v) is 17.9. The molecule has 1 aromatic heterocycles. The van der Waals surface area contributed by atoms with Crippen LogP contribution >= 0.6 is 0 Å². The zero-order chi connectivity index (χ0) is 21.6. The largest absolute Gasteiger partial charge is 0.494 e. The molecular weight excluding hydrogens is 390 g/mol. The smallest absolute Gasteiger partial charge is 0.251 e. The molecule has 2 N–H and O–H groups in total. The quantitative estimate of drug-likeness (QED) is 0.575. The summed E-state index contributed by atoms with van der Waals surface area (Å²) < 4.78 is 5.94. The van der Waals surface area contributed by atoms with Crippen molar-refractivity contribution >= 4 is 16.8 Å². The number of carbonyl (C=O) groups excluding carboxylic acids is 1. The molecule has 4 rings (SSSR count). The van der Waals surface area contributed by atoms with Gasteiger partial charge in [0, 0.05) is 48.2 Å². The number of nitrogens with one attached hydrogen (secondary N) is 2. The number of nitrogens with zero attached hydrogens (tertiary/aromatic N) is 1. The minimum atomic E-state index is -0.0814. The predicted octanol–water partition coefficient (Wildman–Crippen LogP) is 3.50. The van der Waals surface area contributed by atoms with Gasteiger partial charge in [0.25, 0.3) is 5.91 Å². The molecule has 6 nitrogen and oxygen atoms in total. The lowest BCUT2D eigenvalue weighted by molar-refractivity contribution is 0.0909. The number of hydrogen-bond acceptors (Lipinski definition) is 4. The fourth-order valence-electron chi connectivity index (χ4n) is 4.13. The molecule has 0 atom stereocenters. The Bertz CT molecular complexity index is 1090. The molecular formula is C25H29N3O3. The third kappa shape index (κ3) is 5.52. The van der Waals surface area contributed by atoms with Gasteiger partial charge in [-0.1, -0.05) is 18.2 Å². The Hall–Kier alpha value is -3.12. The average Bonchev–Trinajstić information content (AvgIpc) is 2.78. The normalized spacial score (nSPS) is 15.1. The number of likely N-dealkylation sites (tertiary alicyclic amines) is 1. The number of H-pyrrole nitrogens is 1. The second-order valence-electron chi connectivity index (χ2n) is 8.18. The molecule has 0 bridgehead atoms. The molecule has 0 aliphatic carbocycles. The lowest BCUT2D eigenvalue weighted by Crippen LogP contribution is -2.45. The molecule has 1 aliphatic rings. The maximum Gasteiger partial charge on any atom is 0.251 e. The molecule has 0 radical (unpaired) electrons. The second-order valence-corrected chi connectivity index (χ2v) is 8.18. The van der Waals surface area contributed by atoms with E-state index >= 15 is 0 Å². The molecule has 2 heterocycles. The van der Waals surface area contributed by atoms with Crippen LogP contribution in [0.3, 0.4) is 0 Å². The summed E-state index contributed by atoms with van der Waals surface area (Å²) in [6.07, 6.45) is 2.90. The molecule has 1 saturated heterocycles. The number of benzene rings is 2. The molecule has 1 aliphatic heterocycles. The van der Waals surface area contributed by atoms with Gasteiger partial charge in [0.1, 0.15) is 5.75 Å². The first-order valence-corrected chi connectivity index (χ1v) is 10.9. The van der Waals surface area contributed by atoms with E-state index in [0.717, 1.165) is 66.7 Å². The molecule has 1 fully saturated rings. The van der Waals surface area contributed by atoms with Crippen molar-refractivity contribution in [2.45, 2.75) is 32.2 Å². The van der Waals surface area contributed by atoms with Gasteiger partial charge in [0.2, 0.25) is 5.56 Å². The summed E-state index contributed by atoms with van der Waals surface area (Å²) in [5.74, 6) is 0.840. The highest BCUT2D eigenvalue weighted by molar-refractivity contribution is 5.94. The van der Waals surface area contributed by atoms with Gasteiger partial charge in [-0.05, 0) is 62.1 Å². The number of hydrogen-bond donors (Lipinski definition) is 2. The van der Waals surface area contributed by atoms with Gasteiger partial charge in [-0.3, -0.25) is 9.59 Å². The Labute approximate surface area is 182 Å². The first-order chi connectivity index (χ1) is 15.1. The minimum absolute atomic E-state index is 0.0159. The summed E-state index contributed by atoms with van der Waals surface area (Å²) >= 11 is 0. The van der Waals surface area contributed by atoms with Crippen molar-refractivity contribution in [3.8, 4) is 5.75 Å². The van der Waals surface area contributed by atoms with Gasteiger partial charge in [-0.15, -0.1) is 0 Å². The fraction of sp³-hybridized carbons (Fsp3) is 0.360. The topological polar surface area (TPSA) is 74.4 Å². The van der Waals surface area contributed by atoms with E-state index in [1.165, 1.54) is 0 Å². The summed E-state index contributed by atoms with van der Waals surface area (Å²) in [5.41, 5.74) is 2.42. The van der Waals surface area contributed by atoms with Crippen molar-refractivity contribution in [1.82, 2.24) is 15.2 Å². The van der Waals surface area contributed by atoms with E-state index < -0.39 is 0 Å². The Balaban J connectivity index is 1.18. The van der Waals surface area contributed by atoms with Crippen molar-refractivity contribution < 1.29 is 9.53 Å². The monoisotopic (exact) mass is 419 g/mol. The number of piperidine rings is 1. The van der Waals surface area contributed by atoms with Crippen molar-refractivity contribution in [2.24, 2.45) is 0 Å². The molecule has 1 amide bonds. The Morgan fingerprint density at radius 2 is 1.90 bits per heavy atom. The molecule has 3 aromatic rings. The first-order valence-electron chi connectivity index (χ1n) is 10.9. The van der Waals surface area contributed by atoms with Gasteiger partial charge in [-0.25, -0.2) is 0 Å². The van der Waals surface area contributed by atoms with Gasteiger partial charge in [0.15, 0.2) is 0 Å². The standard InChI is InChI=1S/C25H29N3O3/c1-18-16-24(29)27-23-9-8-21(17-22(18)23)31-15-5-12-28-13-10-20(11-14-28)26-25(30)19-6-3-2-4-7-19/h2-4,6-9,16-17,20H,5,10-15H2,1H3,(H,26,30)(H,27,29). The van der Waals surface area contributed by atoms with E-state index in [0.29, 0.717) is 6.61 Å². The highest BCUT2D eigenvalue weighted by Crippen LogP contribution is 2.21. The third-order valence-corrected chi connectivity index (χ3v) is 5.87. The van der Waals surface area contributed by atoms with E-state index in [1.54, 1.807) is 6.07 Å². The molecule has 0 spiro atoms. The first kappa shape index (κ1) is 21.1. The maximum atomic E-state index is 12.3. The number of aromatic amines is 1. The summed E-state index contributed by atoms with van der Waals surface area (Å²) in [6.45, 7) is 5.55. The number of amides is 1. The second kappa shape index (κ2) is 9.79. The van der Waals surface area contributed by atoms with E-state index in [-0.39, 0.29) is 17.5 Å². The summed E-state index contributed by atoms with van der Waals surface area (Å²) in [7, 11) is 0. The van der Waals surface area contributed by atoms with Crippen LogP contribution in [0.4, 0.5) is 0 Å². The summed E-state index contributed by atoms with van der Waals surface area (Å²) in [6, 6.07) is 17.0. The zero-order valence-electron chi connectivity index (χ0n) is 17.9. The number of aryl methyl sites for hydroxylation is 1. The van der Waals surface area contributed by atoms with Gasteiger partial charge >= 0.3 is 0 Å². The van der Waals surface area contributed by atoms with Gasteiger partial charge in [-0.2, -0.15) is 0 Å². The predicted molar refractivity (Wildman–Crippen MR) is 123 cm³/mol. The number of ether oxygens (including phenoxy) is 1. The number of aromatic nitrogens is 1. The van der Waals surface area contributed by atoms with Gasteiger partial charge < -0.3 is 19.9 Å². The lowest BCUT2D eigenvalue weighted by atomic mass is 10.0. The Morgan fingerprint density at radius 1 is 1.13 bits per heavy atom. The number of rotatable bonds is 7. The molecule has 2 aromatic carbocycles. The van der Waals surface area contributed by atoms with Crippen LogP contribution in [-0.2, 0) is 0 Å². The van der Waals surface area contributed by atoms with Crippen molar-refractivity contribution in [1.29, 1.82) is 0 Å². The van der Waals surface area contributed by atoms with Crippen molar-refractivity contribution in [2.75, 3.05) is 26.2 Å². The summed E-state index contributed by atoms with van der Waals surface area (Å²) in [5, 5.41) is 4.17. The van der Waals surface area contributed by atoms with Crippen LogP contribution in [0.5, 0.6) is 5.75 Å². The van der Waals surface area contributed by atoms with Crippen molar-refractivity contribution in [3.05, 3.63) is 76.1 Å². The molecule has 31 heavy (non-hydrogen) atoms. The number of fused-ring (bicyclic) bond motifs is 1. The van der Waals surface area contributed by atoms with E-state index in [4.69, 9.17) is 4.74 Å². The van der Waals surface area contributed by atoms with E-state index in [9.17, 15) is 9.59 Å². The highest BCUT2D eigenvalue weighted by Gasteiger charge is 2.20. The maximum absolute atomic E-state index is 12.3. The molecule has 0 saturated carbocycles. The van der Waals surface area contributed by atoms with Crippen LogP contribution in [0, 0.1) is 6.92 Å². The van der Waals surface area contributed by atoms with Crippen LogP contribution < -0.4 is 15.6 Å². The average molecular weight is 420 g/mol. The molecule has 162 valence electrons. The fourth-order valence-corrected chi connectivity index (χ4v) is 4.13. The van der Waals surface area contributed by atoms with Crippen LogP contribution in [0.25, 0.3) is 10.9 Å². The number of carbonyl (C=O) groups is 1. The summed E-state index contributed by atoms with van der Waals surface area (Å²) in [4.78, 5) is 29.2. The van der Waals surface area contributed by atoms with E-state index in [2.05, 4.69) is 15.2 Å². The van der Waals surface area contributed by atoms with Crippen LogP contribution in [0.15, 0.2) is 59.4 Å². The Morgan fingerprint density at radius 3 is 2.68 bits per heavy atom. The van der Waals surface area contributed by atoms with E-state index in [1.807, 2.05) is 55.5 Å². The minimum Gasteiger partial charge on any atom is -0.494 e. The SMILES string of the molecule is Cc1cc(=O)[nH]c2ccc(OCCCN3CCC(NC(=O)c4ccccc4)CC3)cc12. The van der Waals surface area contributed by atoms with Crippen LogP contribution in [0.2, 0.25) is 0 Å². The van der Waals surface area contributed by atoms with Crippen LogP contribution in [-0.4, -0.2) is 48.1 Å². The van der Waals surface area contributed by atoms with Crippen molar-refractivity contribution in [3.63, 3.8) is 0 Å². The third-order valence-electron chi connectivity index (χ3n) is 5.87.